The van der Waals surface area contributed by atoms with E-state index in [0.29, 0.717) is 56.7 Å². The summed E-state index contributed by atoms with van der Waals surface area (Å²) in [6.45, 7) is 1.33. The number of nitrogens with one attached hydrogen (secondary N) is 1. The molecule has 3 heterocycles. The van der Waals surface area contributed by atoms with Crippen molar-refractivity contribution in [2.75, 3.05) is 13.2 Å². The van der Waals surface area contributed by atoms with Crippen LogP contribution in [0.15, 0.2) is 18.2 Å². The van der Waals surface area contributed by atoms with Crippen LogP contribution in [0.3, 0.4) is 0 Å². The van der Waals surface area contributed by atoms with Gasteiger partial charge in [0.1, 0.15) is 24.1 Å². The van der Waals surface area contributed by atoms with E-state index in [1.807, 2.05) is 11.0 Å². The lowest BCUT2D eigenvalue weighted by Crippen LogP contribution is -2.71. The summed E-state index contributed by atoms with van der Waals surface area (Å²) in [4.78, 5) is 53.1. The maximum atomic E-state index is 14.0. The van der Waals surface area contributed by atoms with Crippen molar-refractivity contribution in [1.29, 1.82) is 0 Å². The fraction of sp³-hybridized carbons (Fsp3) is 0.600. The molecule has 3 aliphatic carbocycles. The largest absolute Gasteiger partial charge is 0.491 e. The summed E-state index contributed by atoms with van der Waals surface area (Å²) in [5, 5.41) is 2.31. The predicted molar refractivity (Wildman–Crippen MR) is 117 cm³/mol. The molecule has 180 valence electrons. The number of carbonyl (C=O) groups is 4. The minimum Gasteiger partial charge on any atom is -0.491 e. The first kappa shape index (κ1) is 21.6. The van der Waals surface area contributed by atoms with E-state index >= 15 is 0 Å². The van der Waals surface area contributed by atoms with Crippen LogP contribution in [0.1, 0.15) is 67.3 Å². The molecule has 34 heavy (non-hydrogen) atoms. The number of imide groups is 1. The van der Waals surface area contributed by atoms with Gasteiger partial charge in [0.15, 0.2) is 0 Å². The maximum Gasteiger partial charge on any atom is 0.255 e. The number of benzene rings is 1. The lowest BCUT2D eigenvalue weighted by Gasteiger charge is -2.65. The number of hydrogen-bond acceptors (Lipinski definition) is 5. The van der Waals surface area contributed by atoms with Crippen molar-refractivity contribution in [1.82, 2.24) is 15.1 Å². The maximum absolute atomic E-state index is 14.0. The van der Waals surface area contributed by atoms with Crippen molar-refractivity contribution >= 4 is 23.6 Å². The molecular weight excluding hydrogens is 441 g/mol. The molecular formula is C25H28FN3O5. The van der Waals surface area contributed by atoms with Gasteiger partial charge in [0, 0.05) is 25.1 Å². The van der Waals surface area contributed by atoms with E-state index < -0.39 is 23.0 Å². The Balaban J connectivity index is 1.11. The highest BCUT2D eigenvalue weighted by Gasteiger charge is 2.73. The zero-order valence-electron chi connectivity index (χ0n) is 19.0. The van der Waals surface area contributed by atoms with Gasteiger partial charge in [-0.05, 0) is 68.7 Å². The molecule has 3 saturated carbocycles. The molecule has 5 fully saturated rings. The van der Waals surface area contributed by atoms with Gasteiger partial charge in [0.25, 0.3) is 5.91 Å². The van der Waals surface area contributed by atoms with E-state index in [0.717, 1.165) is 24.8 Å². The fourth-order valence-corrected chi connectivity index (χ4v) is 6.47. The van der Waals surface area contributed by atoms with Crippen LogP contribution in [0, 0.1) is 5.41 Å². The van der Waals surface area contributed by atoms with Gasteiger partial charge in [0.2, 0.25) is 17.7 Å². The number of amides is 4. The second-order valence-corrected chi connectivity index (χ2v) is 10.6. The van der Waals surface area contributed by atoms with Crippen LogP contribution in [0.4, 0.5) is 4.39 Å². The quantitative estimate of drug-likeness (QED) is 0.667. The fourth-order valence-electron chi connectivity index (χ4n) is 6.47. The van der Waals surface area contributed by atoms with Gasteiger partial charge in [-0.2, -0.15) is 0 Å². The van der Waals surface area contributed by atoms with E-state index in [4.69, 9.17) is 4.74 Å². The van der Waals surface area contributed by atoms with Crippen LogP contribution in [-0.4, -0.2) is 64.3 Å². The van der Waals surface area contributed by atoms with Gasteiger partial charge in [0.05, 0.1) is 11.5 Å². The molecule has 2 bridgehead atoms. The summed E-state index contributed by atoms with van der Waals surface area (Å²) >= 11 is 0. The first-order valence-corrected chi connectivity index (χ1v) is 12.2. The number of piperidine rings is 2. The lowest BCUT2D eigenvalue weighted by atomic mass is 9.41. The number of fused-ring (bicyclic) bond motifs is 1. The SMILES string of the molecule is O=C1CCC(N2Cc3cc(OC[C@@H]4CCCCN4C(=O)C45CC(F)(C4)C5)ccc3C2=O)C(=O)N1. The third kappa shape index (κ3) is 3.31. The highest BCUT2D eigenvalue weighted by atomic mass is 19.1. The van der Waals surface area contributed by atoms with Crippen LogP contribution >= 0.6 is 0 Å². The van der Waals surface area contributed by atoms with Crippen LogP contribution < -0.4 is 10.1 Å². The highest BCUT2D eigenvalue weighted by Crippen LogP contribution is 2.70. The van der Waals surface area contributed by atoms with Gasteiger partial charge < -0.3 is 14.5 Å². The molecule has 0 aromatic heterocycles. The van der Waals surface area contributed by atoms with Crippen molar-refractivity contribution in [3.05, 3.63) is 29.3 Å². The summed E-state index contributed by atoms with van der Waals surface area (Å²) in [6, 6.07) is 4.59. The van der Waals surface area contributed by atoms with Gasteiger partial charge in [-0.25, -0.2) is 4.39 Å². The van der Waals surface area contributed by atoms with Crippen LogP contribution in [0.25, 0.3) is 0 Å². The Morgan fingerprint density at radius 3 is 2.68 bits per heavy atom. The molecule has 1 aromatic carbocycles. The number of rotatable bonds is 5. The Morgan fingerprint density at radius 2 is 1.94 bits per heavy atom. The van der Waals surface area contributed by atoms with E-state index in [9.17, 15) is 23.6 Å². The summed E-state index contributed by atoms with van der Waals surface area (Å²) in [7, 11) is 0. The Bertz CT molecular complexity index is 1080. The second kappa shape index (κ2) is 7.52. The normalized spacial score (nSPS) is 34.2. The summed E-state index contributed by atoms with van der Waals surface area (Å²) < 4.78 is 20.0. The zero-order chi connectivity index (χ0) is 23.7. The molecule has 3 aliphatic heterocycles. The molecule has 7 rings (SSSR count). The molecule has 1 unspecified atom stereocenters. The Kier molecular flexibility index (Phi) is 4.76. The molecule has 4 amide bonds. The molecule has 8 nitrogen and oxygen atoms in total. The number of carbonyl (C=O) groups excluding carboxylic acids is 4. The smallest absolute Gasteiger partial charge is 0.255 e. The van der Waals surface area contributed by atoms with Gasteiger partial charge in [-0.15, -0.1) is 0 Å². The van der Waals surface area contributed by atoms with Crippen LogP contribution in [0.2, 0.25) is 0 Å². The minimum absolute atomic E-state index is 0.0410. The topological polar surface area (TPSA) is 96.0 Å². The van der Waals surface area contributed by atoms with Crippen molar-refractivity contribution in [2.24, 2.45) is 5.41 Å². The molecule has 2 saturated heterocycles. The van der Waals surface area contributed by atoms with E-state index in [1.165, 1.54) is 4.90 Å². The molecule has 6 aliphatic rings. The van der Waals surface area contributed by atoms with E-state index in [-0.39, 0.29) is 30.2 Å². The Labute approximate surface area is 196 Å². The van der Waals surface area contributed by atoms with Crippen molar-refractivity contribution < 1.29 is 28.3 Å². The van der Waals surface area contributed by atoms with Crippen molar-refractivity contribution in [3.8, 4) is 5.75 Å². The first-order chi connectivity index (χ1) is 16.3. The number of ether oxygens (including phenoxy) is 1. The van der Waals surface area contributed by atoms with Crippen molar-refractivity contribution in [3.63, 3.8) is 0 Å². The third-order valence-corrected chi connectivity index (χ3v) is 8.24. The number of likely N-dealkylation sites (tertiary alicyclic amines) is 1. The zero-order valence-corrected chi connectivity index (χ0v) is 19.0. The standard InChI is InChI=1S/C25H28FN3O5/c26-25-12-24(13-25,14-25)23(33)28-8-2-1-3-16(28)11-34-17-4-5-18-15(9-17)10-29(22(18)32)19-6-7-20(30)27-21(19)31/h4-5,9,16,19H,1-3,6-8,10-14H2,(H,27,30,31)/t16-,19?,24?,25?/m0/s1. The Morgan fingerprint density at radius 1 is 1.15 bits per heavy atom. The molecule has 0 radical (unpaired) electrons. The second-order valence-electron chi connectivity index (χ2n) is 10.6. The van der Waals surface area contributed by atoms with Crippen LogP contribution in [-0.2, 0) is 20.9 Å². The molecule has 2 atom stereocenters. The predicted octanol–water partition coefficient (Wildman–Crippen LogP) is 2.10. The monoisotopic (exact) mass is 469 g/mol. The van der Waals surface area contributed by atoms with E-state index in [2.05, 4.69) is 5.32 Å². The average molecular weight is 470 g/mol. The number of alkyl halides is 1. The number of halogens is 1. The Hall–Kier alpha value is -2.97. The van der Waals surface area contributed by atoms with Gasteiger partial charge in [-0.3, -0.25) is 24.5 Å². The lowest BCUT2D eigenvalue weighted by molar-refractivity contribution is -0.224. The molecule has 1 aromatic rings. The highest BCUT2D eigenvalue weighted by molar-refractivity contribution is 6.05. The average Bonchev–Trinajstić information content (AvgIpc) is 3.10. The van der Waals surface area contributed by atoms with Gasteiger partial charge >= 0.3 is 0 Å². The molecule has 9 heteroatoms. The minimum atomic E-state index is -1.10. The van der Waals surface area contributed by atoms with Crippen molar-refractivity contribution in [2.45, 2.75) is 75.7 Å². The summed E-state index contributed by atoms with van der Waals surface area (Å²) in [5.74, 6) is -0.264. The van der Waals surface area contributed by atoms with Crippen LogP contribution in [0.5, 0.6) is 5.75 Å². The number of nitrogens with zero attached hydrogens (tertiary/aromatic N) is 2. The van der Waals surface area contributed by atoms with E-state index in [1.54, 1.807) is 12.1 Å². The summed E-state index contributed by atoms with van der Waals surface area (Å²) in [6.07, 6.45) is 4.48. The third-order valence-electron chi connectivity index (χ3n) is 8.24. The first-order valence-electron chi connectivity index (χ1n) is 12.2. The number of hydrogen-bond donors (Lipinski definition) is 1. The molecule has 1 N–H and O–H groups in total. The summed E-state index contributed by atoms with van der Waals surface area (Å²) in [5.41, 5.74) is -0.250. The van der Waals surface area contributed by atoms with Gasteiger partial charge in [-0.1, -0.05) is 0 Å². The molecule has 0 spiro atoms.